The van der Waals surface area contributed by atoms with Crippen molar-refractivity contribution in [1.82, 2.24) is 4.90 Å². The highest BCUT2D eigenvalue weighted by Gasteiger charge is 2.19. The summed E-state index contributed by atoms with van der Waals surface area (Å²) in [6.45, 7) is 1.90. The predicted octanol–water partition coefficient (Wildman–Crippen LogP) is 4.15. The zero-order valence-electron chi connectivity index (χ0n) is 15.0. The second-order valence-electron chi connectivity index (χ2n) is 5.80. The number of carbonyl (C=O) groups excluding carboxylic acids is 2. The lowest BCUT2D eigenvalue weighted by Crippen LogP contribution is -2.33. The van der Waals surface area contributed by atoms with E-state index < -0.39 is 0 Å². The van der Waals surface area contributed by atoms with Crippen molar-refractivity contribution in [2.45, 2.75) is 13.0 Å². The first-order chi connectivity index (χ1) is 12.4. The van der Waals surface area contributed by atoms with E-state index in [0.29, 0.717) is 16.4 Å². The third kappa shape index (κ3) is 5.21. The van der Waals surface area contributed by atoms with E-state index in [0.717, 1.165) is 5.56 Å². The maximum Gasteiger partial charge on any atom is 0.322 e. The molecule has 1 unspecified atom stereocenters. The summed E-state index contributed by atoms with van der Waals surface area (Å²) in [4.78, 5) is 25.5. The first-order valence-corrected chi connectivity index (χ1v) is 8.47. The van der Waals surface area contributed by atoms with Gasteiger partial charge in [0.2, 0.25) is 5.91 Å². The summed E-state index contributed by atoms with van der Waals surface area (Å²) >= 11 is 6.21. The molecule has 0 spiro atoms. The maximum absolute atomic E-state index is 12.5. The van der Waals surface area contributed by atoms with Crippen LogP contribution in [0, 0.1) is 0 Å². The number of nitrogens with one attached hydrogen (secondary N) is 2. The Morgan fingerprint density at radius 3 is 2.23 bits per heavy atom. The minimum Gasteiger partial charge on any atom is -0.375 e. The Kier molecular flexibility index (Phi) is 7.00. The zero-order valence-corrected chi connectivity index (χ0v) is 15.7. The van der Waals surface area contributed by atoms with Gasteiger partial charge in [0, 0.05) is 30.6 Å². The van der Waals surface area contributed by atoms with Gasteiger partial charge in [0.05, 0.1) is 6.04 Å². The average Bonchev–Trinajstić information content (AvgIpc) is 2.62. The van der Waals surface area contributed by atoms with Gasteiger partial charge in [-0.3, -0.25) is 4.79 Å². The van der Waals surface area contributed by atoms with Crippen LogP contribution in [-0.2, 0) is 9.53 Å². The third-order valence-electron chi connectivity index (χ3n) is 3.95. The molecule has 0 aliphatic heterocycles. The highest BCUT2D eigenvalue weighted by atomic mass is 35.5. The number of methoxy groups -OCH3 is 1. The molecular weight excluding hydrogens is 354 g/mol. The first kappa shape index (κ1) is 19.8. The second kappa shape index (κ2) is 9.22. The van der Waals surface area contributed by atoms with Gasteiger partial charge in [-0.05, 0) is 42.8 Å². The van der Waals surface area contributed by atoms with E-state index >= 15 is 0 Å². The van der Waals surface area contributed by atoms with Crippen LogP contribution < -0.4 is 10.6 Å². The molecule has 2 rings (SSSR count). The molecule has 0 radical (unpaired) electrons. The van der Waals surface area contributed by atoms with E-state index in [1.807, 2.05) is 25.1 Å². The van der Waals surface area contributed by atoms with E-state index in [1.54, 1.807) is 42.3 Å². The van der Waals surface area contributed by atoms with E-state index in [-0.39, 0.29) is 24.6 Å². The van der Waals surface area contributed by atoms with E-state index in [2.05, 4.69) is 10.6 Å². The highest BCUT2D eigenvalue weighted by molar-refractivity contribution is 6.31. The fraction of sp³-hybridized carbons (Fsp3) is 0.263. The number of amides is 3. The SMILES string of the molecule is COCC(=O)Nc1ccc(NC(=O)N(C)C(C)c2ccccc2Cl)cc1. The molecule has 138 valence electrons. The minimum absolute atomic E-state index is 0.0107. The number of carbonyl (C=O) groups is 2. The zero-order chi connectivity index (χ0) is 19.1. The maximum atomic E-state index is 12.5. The van der Waals surface area contributed by atoms with Crippen molar-refractivity contribution < 1.29 is 14.3 Å². The molecule has 3 amide bonds. The monoisotopic (exact) mass is 375 g/mol. The van der Waals surface area contributed by atoms with Gasteiger partial charge in [0.1, 0.15) is 6.61 Å². The standard InChI is InChI=1S/C19H22ClN3O3/c1-13(16-6-4-5-7-17(16)20)23(2)19(25)22-15-10-8-14(9-11-15)21-18(24)12-26-3/h4-11,13H,12H2,1-3H3,(H,21,24)(H,22,25). The normalized spacial score (nSPS) is 11.5. The smallest absolute Gasteiger partial charge is 0.322 e. The number of hydrogen-bond acceptors (Lipinski definition) is 3. The van der Waals surface area contributed by atoms with Crippen LogP contribution in [0.2, 0.25) is 5.02 Å². The predicted molar refractivity (Wildman–Crippen MR) is 104 cm³/mol. The van der Waals surface area contributed by atoms with E-state index in [4.69, 9.17) is 16.3 Å². The van der Waals surface area contributed by atoms with E-state index in [1.165, 1.54) is 7.11 Å². The van der Waals surface area contributed by atoms with Crippen LogP contribution in [0.3, 0.4) is 0 Å². The summed E-state index contributed by atoms with van der Waals surface area (Å²) in [5.41, 5.74) is 2.13. The van der Waals surface area contributed by atoms with Crippen molar-refractivity contribution in [3.8, 4) is 0 Å². The molecule has 6 nitrogen and oxygen atoms in total. The summed E-state index contributed by atoms with van der Waals surface area (Å²) in [6.07, 6.45) is 0. The summed E-state index contributed by atoms with van der Waals surface area (Å²) in [6, 6.07) is 13.9. The summed E-state index contributed by atoms with van der Waals surface area (Å²) < 4.78 is 4.76. The van der Waals surface area contributed by atoms with Crippen LogP contribution in [0.1, 0.15) is 18.5 Å². The Balaban J connectivity index is 1.98. The number of benzene rings is 2. The lowest BCUT2D eigenvalue weighted by molar-refractivity contribution is -0.119. The Labute approximate surface area is 158 Å². The van der Waals surface area contributed by atoms with Crippen molar-refractivity contribution >= 4 is 34.9 Å². The number of nitrogens with zero attached hydrogens (tertiary/aromatic N) is 1. The molecule has 0 aromatic heterocycles. The molecule has 2 aromatic rings. The van der Waals surface area contributed by atoms with Crippen molar-refractivity contribution in [3.05, 3.63) is 59.1 Å². The molecule has 0 saturated heterocycles. The van der Waals surface area contributed by atoms with Crippen LogP contribution in [0.4, 0.5) is 16.2 Å². The van der Waals surface area contributed by atoms with Gasteiger partial charge in [-0.2, -0.15) is 0 Å². The fourth-order valence-corrected chi connectivity index (χ4v) is 2.67. The van der Waals surface area contributed by atoms with Crippen LogP contribution in [0.5, 0.6) is 0 Å². The lowest BCUT2D eigenvalue weighted by Gasteiger charge is -2.26. The number of ether oxygens (including phenoxy) is 1. The number of rotatable bonds is 6. The third-order valence-corrected chi connectivity index (χ3v) is 4.30. The number of urea groups is 1. The summed E-state index contributed by atoms with van der Waals surface area (Å²) in [7, 11) is 3.17. The molecular formula is C19H22ClN3O3. The molecule has 0 aliphatic carbocycles. The number of hydrogen-bond donors (Lipinski definition) is 2. The van der Waals surface area contributed by atoms with Gasteiger partial charge in [-0.25, -0.2) is 4.79 Å². The van der Waals surface area contributed by atoms with Gasteiger partial charge < -0.3 is 20.3 Å². The second-order valence-corrected chi connectivity index (χ2v) is 6.20. The van der Waals surface area contributed by atoms with E-state index in [9.17, 15) is 9.59 Å². The molecule has 0 heterocycles. The number of anilines is 2. The average molecular weight is 376 g/mol. The Hall–Kier alpha value is -2.57. The van der Waals surface area contributed by atoms with Crippen molar-refractivity contribution in [2.24, 2.45) is 0 Å². The van der Waals surface area contributed by atoms with Gasteiger partial charge in [-0.15, -0.1) is 0 Å². The van der Waals surface area contributed by atoms with Crippen molar-refractivity contribution in [3.63, 3.8) is 0 Å². The summed E-state index contributed by atoms with van der Waals surface area (Å²) in [5.74, 6) is -0.238. The number of halogens is 1. The van der Waals surface area contributed by atoms with Crippen LogP contribution >= 0.6 is 11.6 Å². The molecule has 0 bridgehead atoms. The molecule has 2 aromatic carbocycles. The Morgan fingerprint density at radius 2 is 1.65 bits per heavy atom. The quantitative estimate of drug-likeness (QED) is 0.796. The Morgan fingerprint density at radius 1 is 1.08 bits per heavy atom. The fourth-order valence-electron chi connectivity index (χ4n) is 2.38. The highest BCUT2D eigenvalue weighted by Crippen LogP contribution is 2.26. The molecule has 7 heteroatoms. The molecule has 0 saturated carbocycles. The molecule has 0 aliphatic rings. The van der Waals surface area contributed by atoms with Gasteiger partial charge in [0.25, 0.3) is 0 Å². The van der Waals surface area contributed by atoms with Gasteiger partial charge in [-0.1, -0.05) is 29.8 Å². The van der Waals surface area contributed by atoms with Crippen LogP contribution in [0.25, 0.3) is 0 Å². The minimum atomic E-state index is -0.256. The topological polar surface area (TPSA) is 70.7 Å². The molecule has 26 heavy (non-hydrogen) atoms. The molecule has 2 N–H and O–H groups in total. The van der Waals surface area contributed by atoms with Crippen LogP contribution in [-0.4, -0.2) is 37.6 Å². The lowest BCUT2D eigenvalue weighted by atomic mass is 10.1. The summed E-state index contributed by atoms with van der Waals surface area (Å²) in [5, 5.41) is 6.14. The molecule has 1 atom stereocenters. The van der Waals surface area contributed by atoms with Gasteiger partial charge in [0.15, 0.2) is 0 Å². The van der Waals surface area contributed by atoms with Gasteiger partial charge >= 0.3 is 6.03 Å². The Bertz CT molecular complexity index is 765. The largest absolute Gasteiger partial charge is 0.375 e. The van der Waals surface area contributed by atoms with Crippen LogP contribution in [0.15, 0.2) is 48.5 Å². The molecule has 0 fully saturated rings. The van der Waals surface area contributed by atoms with Crippen molar-refractivity contribution in [1.29, 1.82) is 0 Å². The van der Waals surface area contributed by atoms with Crippen molar-refractivity contribution in [2.75, 3.05) is 31.4 Å². The first-order valence-electron chi connectivity index (χ1n) is 8.09.